The molecule has 0 aliphatic heterocycles. The predicted octanol–water partition coefficient (Wildman–Crippen LogP) is 3.86. The zero-order valence-electron chi connectivity index (χ0n) is 9.92. The van der Waals surface area contributed by atoms with Crippen molar-refractivity contribution < 1.29 is 9.90 Å². The summed E-state index contributed by atoms with van der Waals surface area (Å²) in [6.07, 6.45) is 0. The minimum atomic E-state index is -0.900. The van der Waals surface area contributed by atoms with E-state index in [1.165, 1.54) is 11.3 Å². The van der Waals surface area contributed by atoms with Crippen LogP contribution in [0.2, 0.25) is 0 Å². The molecule has 3 rings (SSSR count). The number of rotatable bonds is 2. The lowest BCUT2D eigenvalue weighted by Gasteiger charge is -2.01. The van der Waals surface area contributed by atoms with Gasteiger partial charge in [0.05, 0.1) is 11.4 Å². The van der Waals surface area contributed by atoms with Gasteiger partial charge in [-0.05, 0) is 37.3 Å². The molecule has 19 heavy (non-hydrogen) atoms. The van der Waals surface area contributed by atoms with E-state index < -0.39 is 5.97 Å². The summed E-state index contributed by atoms with van der Waals surface area (Å²) in [5.41, 5.74) is 1.75. The number of hydrogen-bond acceptors (Lipinski definition) is 3. The number of fused-ring (bicyclic) bond motifs is 1. The van der Waals surface area contributed by atoms with Gasteiger partial charge in [0.1, 0.15) is 9.71 Å². The number of thiophene rings is 1. The second-order valence-corrected chi connectivity index (χ2v) is 6.05. The first-order valence-corrected chi connectivity index (χ1v) is 7.15. The Hall–Kier alpha value is -1.66. The molecule has 0 saturated carbocycles. The molecule has 0 saturated heterocycles. The van der Waals surface area contributed by atoms with Crippen LogP contribution < -0.4 is 0 Å². The normalized spacial score (nSPS) is 11.1. The molecule has 2 aromatic heterocycles. The number of halogens is 1. The number of hydrogen-bond donors (Lipinski definition) is 1. The van der Waals surface area contributed by atoms with E-state index >= 15 is 0 Å². The first-order chi connectivity index (χ1) is 9.06. The number of carboxylic acid groups (broad SMARTS) is 1. The number of nitrogens with zero attached hydrogens (tertiary/aromatic N) is 2. The van der Waals surface area contributed by atoms with Gasteiger partial charge in [-0.25, -0.2) is 9.48 Å². The lowest BCUT2D eigenvalue weighted by Crippen LogP contribution is -1.95. The van der Waals surface area contributed by atoms with Crippen LogP contribution in [0.4, 0.5) is 0 Å². The molecule has 6 heteroatoms. The number of aromatic carboxylic acids is 1. The summed E-state index contributed by atoms with van der Waals surface area (Å²) in [5, 5.41) is 14.4. The summed E-state index contributed by atoms with van der Waals surface area (Å²) < 4.78 is 2.78. The maximum absolute atomic E-state index is 11.0. The van der Waals surface area contributed by atoms with E-state index in [1.807, 2.05) is 31.2 Å². The van der Waals surface area contributed by atoms with E-state index in [2.05, 4.69) is 21.0 Å². The summed E-state index contributed by atoms with van der Waals surface area (Å²) in [5.74, 6) is -0.900. The Balaban J connectivity index is 2.23. The van der Waals surface area contributed by atoms with Crippen LogP contribution in [0.25, 0.3) is 15.9 Å². The Morgan fingerprint density at radius 3 is 2.68 bits per heavy atom. The fourth-order valence-corrected chi connectivity index (χ4v) is 3.20. The van der Waals surface area contributed by atoms with Crippen molar-refractivity contribution in [2.24, 2.45) is 0 Å². The molecule has 4 nitrogen and oxygen atoms in total. The molecule has 0 aliphatic carbocycles. The molecule has 0 amide bonds. The number of carbonyl (C=O) groups is 1. The maximum atomic E-state index is 11.0. The highest BCUT2D eigenvalue weighted by Gasteiger charge is 2.16. The second-order valence-electron chi connectivity index (χ2n) is 4.11. The van der Waals surface area contributed by atoms with E-state index in [4.69, 9.17) is 5.11 Å². The summed E-state index contributed by atoms with van der Waals surface area (Å²) in [4.78, 5) is 12.2. The molecule has 1 aromatic carbocycles. The van der Waals surface area contributed by atoms with Crippen molar-refractivity contribution in [2.45, 2.75) is 6.92 Å². The summed E-state index contributed by atoms with van der Waals surface area (Å²) >= 11 is 4.63. The average Bonchev–Trinajstić information content (AvgIpc) is 2.92. The van der Waals surface area contributed by atoms with E-state index in [9.17, 15) is 4.79 Å². The van der Waals surface area contributed by atoms with E-state index in [0.29, 0.717) is 4.88 Å². The fraction of sp³-hybridized carbons (Fsp3) is 0.0769. The second kappa shape index (κ2) is 4.47. The van der Waals surface area contributed by atoms with Gasteiger partial charge < -0.3 is 5.11 Å². The third kappa shape index (κ3) is 2.06. The molecule has 0 aliphatic rings. The Bertz CT molecular complexity index is 774. The van der Waals surface area contributed by atoms with Crippen LogP contribution in [-0.2, 0) is 0 Å². The molecule has 96 valence electrons. The molecule has 0 fully saturated rings. The Morgan fingerprint density at radius 1 is 1.37 bits per heavy atom. The highest BCUT2D eigenvalue weighted by atomic mass is 79.9. The molecule has 1 N–H and O–H groups in total. The zero-order chi connectivity index (χ0) is 13.6. The third-order valence-corrected chi connectivity index (χ3v) is 4.45. The van der Waals surface area contributed by atoms with E-state index in [-0.39, 0.29) is 0 Å². The molecule has 0 atom stereocenters. The van der Waals surface area contributed by atoms with Crippen LogP contribution in [0, 0.1) is 6.92 Å². The van der Waals surface area contributed by atoms with Crippen molar-refractivity contribution in [3.05, 3.63) is 45.4 Å². The van der Waals surface area contributed by atoms with Crippen molar-refractivity contribution in [1.29, 1.82) is 0 Å². The fourth-order valence-electron chi connectivity index (χ4n) is 1.91. The van der Waals surface area contributed by atoms with Gasteiger partial charge in [-0.3, -0.25) is 0 Å². The van der Waals surface area contributed by atoms with Gasteiger partial charge in [-0.1, -0.05) is 15.9 Å². The number of aromatic nitrogens is 2. The van der Waals surface area contributed by atoms with Crippen molar-refractivity contribution in [2.75, 3.05) is 0 Å². The largest absolute Gasteiger partial charge is 0.477 e. The standard InChI is InChI=1S/C13H9BrN2O2S/c1-7-10-6-11(13(17)18)19-12(10)16(15-7)9-4-2-8(14)3-5-9/h2-6H,1H3,(H,17,18). The number of carboxylic acids is 1. The van der Waals surface area contributed by atoms with Crippen LogP contribution in [0.3, 0.4) is 0 Å². The molecule has 2 heterocycles. The lowest BCUT2D eigenvalue weighted by molar-refractivity contribution is 0.0702. The topological polar surface area (TPSA) is 55.1 Å². The van der Waals surface area contributed by atoms with E-state index in [0.717, 1.165) is 26.1 Å². The molecule has 0 unspecified atom stereocenters. The predicted molar refractivity (Wildman–Crippen MR) is 78.3 cm³/mol. The van der Waals surface area contributed by atoms with Gasteiger partial charge >= 0.3 is 5.97 Å². The minimum Gasteiger partial charge on any atom is -0.477 e. The Labute approximate surface area is 121 Å². The molecule has 0 bridgehead atoms. The summed E-state index contributed by atoms with van der Waals surface area (Å²) in [6.45, 7) is 1.88. The van der Waals surface area contributed by atoms with Crippen LogP contribution in [0.15, 0.2) is 34.8 Å². The molecule has 3 aromatic rings. The van der Waals surface area contributed by atoms with E-state index in [1.54, 1.807) is 10.7 Å². The number of aryl methyl sites for hydroxylation is 1. The lowest BCUT2D eigenvalue weighted by atomic mass is 10.3. The van der Waals surface area contributed by atoms with Gasteiger partial charge in [0.25, 0.3) is 0 Å². The smallest absolute Gasteiger partial charge is 0.345 e. The Morgan fingerprint density at radius 2 is 2.05 bits per heavy atom. The van der Waals surface area contributed by atoms with Gasteiger partial charge in [0.15, 0.2) is 0 Å². The van der Waals surface area contributed by atoms with Crippen LogP contribution in [-0.4, -0.2) is 20.9 Å². The van der Waals surface area contributed by atoms with Gasteiger partial charge in [0.2, 0.25) is 0 Å². The summed E-state index contributed by atoms with van der Waals surface area (Å²) in [6, 6.07) is 9.43. The Kier molecular flexibility index (Phi) is 2.91. The first kappa shape index (κ1) is 12.4. The third-order valence-electron chi connectivity index (χ3n) is 2.83. The van der Waals surface area contributed by atoms with Crippen molar-refractivity contribution in [3.63, 3.8) is 0 Å². The molecular weight excluding hydrogens is 328 g/mol. The van der Waals surface area contributed by atoms with Crippen LogP contribution in [0.1, 0.15) is 15.4 Å². The van der Waals surface area contributed by atoms with Gasteiger partial charge in [0, 0.05) is 9.86 Å². The minimum absolute atomic E-state index is 0.335. The first-order valence-electron chi connectivity index (χ1n) is 5.54. The molecule has 0 spiro atoms. The van der Waals surface area contributed by atoms with Crippen molar-refractivity contribution >= 4 is 43.5 Å². The quantitative estimate of drug-likeness (QED) is 0.773. The molecule has 0 radical (unpaired) electrons. The summed E-state index contributed by atoms with van der Waals surface area (Å²) in [7, 11) is 0. The van der Waals surface area contributed by atoms with Crippen molar-refractivity contribution in [3.8, 4) is 5.69 Å². The zero-order valence-corrected chi connectivity index (χ0v) is 12.3. The maximum Gasteiger partial charge on any atom is 0.345 e. The van der Waals surface area contributed by atoms with Gasteiger partial charge in [-0.15, -0.1) is 11.3 Å². The highest BCUT2D eigenvalue weighted by molar-refractivity contribution is 9.10. The number of benzene rings is 1. The monoisotopic (exact) mass is 336 g/mol. The van der Waals surface area contributed by atoms with Crippen LogP contribution in [0.5, 0.6) is 0 Å². The highest BCUT2D eigenvalue weighted by Crippen LogP contribution is 2.30. The SMILES string of the molecule is Cc1nn(-c2ccc(Br)cc2)c2sc(C(=O)O)cc12. The average molecular weight is 337 g/mol. The van der Waals surface area contributed by atoms with Crippen molar-refractivity contribution in [1.82, 2.24) is 9.78 Å². The molecular formula is C13H9BrN2O2S. The van der Waals surface area contributed by atoms with Gasteiger partial charge in [-0.2, -0.15) is 5.10 Å². The van der Waals surface area contributed by atoms with Crippen LogP contribution >= 0.6 is 27.3 Å².